The van der Waals surface area contributed by atoms with E-state index in [1.165, 1.54) is 24.4 Å². The van der Waals surface area contributed by atoms with E-state index in [-0.39, 0.29) is 18.2 Å². The van der Waals surface area contributed by atoms with Crippen molar-refractivity contribution in [3.63, 3.8) is 0 Å². The Hall–Kier alpha value is -3.36. The van der Waals surface area contributed by atoms with Crippen molar-refractivity contribution in [3.05, 3.63) is 70.9 Å². The number of nitrogens with two attached hydrogens (primary N) is 1. The Morgan fingerprint density at radius 2 is 1.93 bits per heavy atom. The van der Waals surface area contributed by atoms with Crippen LogP contribution in [-0.2, 0) is 11.3 Å². The second-order valence-corrected chi connectivity index (χ2v) is 5.97. The topological polar surface area (TPSA) is 76.7 Å². The van der Waals surface area contributed by atoms with Gasteiger partial charge >= 0.3 is 6.61 Å². The molecule has 0 atom stereocenters. The van der Waals surface area contributed by atoms with Gasteiger partial charge in [0.2, 0.25) is 0 Å². The SMILES string of the molecule is C=NC(=O)/C(=C\N)CC.Cc1cc(OC(F)F)ccc1NCc1ccc(F)c(F)c1. The summed E-state index contributed by atoms with van der Waals surface area (Å²) in [4.78, 5) is 13.8. The Kier molecular flexibility index (Phi) is 10.1. The number of halogens is 4. The smallest absolute Gasteiger partial charge is 0.387 e. The lowest BCUT2D eigenvalue weighted by Gasteiger charge is -2.12. The van der Waals surface area contributed by atoms with Gasteiger partial charge < -0.3 is 15.8 Å². The molecular weight excluding hydrogens is 402 g/mol. The van der Waals surface area contributed by atoms with E-state index < -0.39 is 18.2 Å². The van der Waals surface area contributed by atoms with E-state index in [2.05, 4.69) is 21.8 Å². The third kappa shape index (κ3) is 7.94. The molecule has 0 unspecified atom stereocenters. The fraction of sp³-hybridized carbons (Fsp3) is 0.238. The van der Waals surface area contributed by atoms with Crippen LogP contribution in [0.2, 0.25) is 0 Å². The summed E-state index contributed by atoms with van der Waals surface area (Å²) >= 11 is 0. The quantitative estimate of drug-likeness (QED) is 0.374. The van der Waals surface area contributed by atoms with E-state index >= 15 is 0 Å². The lowest BCUT2D eigenvalue weighted by atomic mass is 10.1. The molecule has 0 spiro atoms. The lowest BCUT2D eigenvalue weighted by Crippen LogP contribution is -2.04. The van der Waals surface area contributed by atoms with Gasteiger partial charge in [0, 0.05) is 24.0 Å². The number of carbonyl (C=O) groups is 1. The van der Waals surface area contributed by atoms with Crippen LogP contribution in [0.1, 0.15) is 24.5 Å². The number of ether oxygens (including phenoxy) is 1. The van der Waals surface area contributed by atoms with E-state index in [1.54, 1.807) is 13.0 Å². The van der Waals surface area contributed by atoms with E-state index in [0.717, 1.165) is 12.1 Å². The molecule has 0 saturated heterocycles. The van der Waals surface area contributed by atoms with Crippen LogP contribution in [0.25, 0.3) is 0 Å². The number of alkyl halides is 2. The van der Waals surface area contributed by atoms with Gasteiger partial charge in [0.05, 0.1) is 0 Å². The molecule has 0 aliphatic heterocycles. The summed E-state index contributed by atoms with van der Waals surface area (Å²) in [5.74, 6) is -2.07. The van der Waals surface area contributed by atoms with Crippen LogP contribution in [0.4, 0.5) is 23.2 Å². The van der Waals surface area contributed by atoms with Gasteiger partial charge in [0.25, 0.3) is 5.91 Å². The van der Waals surface area contributed by atoms with Crippen molar-refractivity contribution in [2.24, 2.45) is 10.7 Å². The molecular formula is C21H23F4N3O2. The lowest BCUT2D eigenvalue weighted by molar-refractivity contribution is -0.114. The molecule has 2 aromatic carbocycles. The molecule has 30 heavy (non-hydrogen) atoms. The Labute approximate surface area is 172 Å². The predicted octanol–water partition coefficient (Wildman–Crippen LogP) is 4.95. The van der Waals surface area contributed by atoms with Crippen LogP contribution in [0.15, 0.2) is 53.2 Å². The van der Waals surface area contributed by atoms with Crippen molar-refractivity contribution < 1.29 is 27.1 Å². The summed E-state index contributed by atoms with van der Waals surface area (Å²) in [5.41, 5.74) is 7.56. The van der Waals surface area contributed by atoms with Gasteiger partial charge in [-0.25, -0.2) is 13.8 Å². The highest BCUT2D eigenvalue weighted by Crippen LogP contribution is 2.23. The van der Waals surface area contributed by atoms with Crippen molar-refractivity contribution in [2.45, 2.75) is 33.4 Å². The van der Waals surface area contributed by atoms with Crippen molar-refractivity contribution in [1.29, 1.82) is 0 Å². The van der Waals surface area contributed by atoms with Crippen molar-refractivity contribution >= 4 is 18.3 Å². The van der Waals surface area contributed by atoms with Gasteiger partial charge in [-0.05, 0) is 61.5 Å². The van der Waals surface area contributed by atoms with Crippen molar-refractivity contribution in [3.8, 4) is 5.75 Å². The average molecular weight is 425 g/mol. The molecule has 162 valence electrons. The maximum Gasteiger partial charge on any atom is 0.387 e. The van der Waals surface area contributed by atoms with Crippen LogP contribution in [0.5, 0.6) is 5.75 Å². The monoisotopic (exact) mass is 425 g/mol. The number of nitrogens with one attached hydrogen (secondary N) is 1. The molecule has 3 N–H and O–H groups in total. The number of benzene rings is 2. The molecule has 9 heteroatoms. The van der Waals surface area contributed by atoms with E-state index in [4.69, 9.17) is 5.73 Å². The first-order valence-corrected chi connectivity index (χ1v) is 8.86. The fourth-order valence-corrected chi connectivity index (χ4v) is 2.30. The number of carbonyl (C=O) groups excluding carboxylic acids is 1. The zero-order valence-corrected chi connectivity index (χ0v) is 16.6. The summed E-state index contributed by atoms with van der Waals surface area (Å²) < 4.78 is 54.3. The minimum atomic E-state index is -2.87. The van der Waals surface area contributed by atoms with Crippen LogP contribution in [0, 0.1) is 18.6 Å². The van der Waals surface area contributed by atoms with Crippen LogP contribution >= 0.6 is 0 Å². The number of nitrogens with zero attached hydrogens (tertiary/aromatic N) is 1. The average Bonchev–Trinajstić information content (AvgIpc) is 2.70. The Morgan fingerprint density at radius 3 is 2.40 bits per heavy atom. The largest absolute Gasteiger partial charge is 0.435 e. The Bertz CT molecular complexity index is 902. The number of amides is 1. The molecule has 0 saturated carbocycles. The highest BCUT2D eigenvalue weighted by molar-refractivity contribution is 5.96. The predicted molar refractivity (Wildman–Crippen MR) is 109 cm³/mol. The summed E-state index contributed by atoms with van der Waals surface area (Å²) in [5, 5.41) is 3.02. The normalized spacial score (nSPS) is 10.8. The minimum absolute atomic E-state index is 0.0703. The van der Waals surface area contributed by atoms with Crippen LogP contribution in [-0.4, -0.2) is 19.2 Å². The van der Waals surface area contributed by atoms with Gasteiger partial charge in [0.15, 0.2) is 11.6 Å². The number of rotatable bonds is 7. The highest BCUT2D eigenvalue weighted by atomic mass is 19.3. The summed E-state index contributed by atoms with van der Waals surface area (Å²) in [6.45, 7) is 4.06. The zero-order chi connectivity index (χ0) is 22.7. The minimum Gasteiger partial charge on any atom is -0.435 e. The number of hydrogen-bond acceptors (Lipinski definition) is 4. The van der Waals surface area contributed by atoms with Gasteiger partial charge in [-0.15, -0.1) is 0 Å². The van der Waals surface area contributed by atoms with E-state index in [9.17, 15) is 22.4 Å². The van der Waals surface area contributed by atoms with Gasteiger partial charge in [0.1, 0.15) is 5.75 Å². The molecule has 0 aromatic heterocycles. The molecule has 0 heterocycles. The first-order chi connectivity index (χ1) is 14.2. The van der Waals surface area contributed by atoms with Gasteiger partial charge in [-0.3, -0.25) is 4.79 Å². The number of aliphatic imine (C=N–C) groups is 1. The summed E-state index contributed by atoms with van der Waals surface area (Å²) in [7, 11) is 0. The molecule has 2 rings (SSSR count). The second kappa shape index (κ2) is 12.3. The van der Waals surface area contributed by atoms with E-state index in [1.807, 2.05) is 6.92 Å². The standard InChI is InChI=1S/C15H13F4NO.C6H10N2O/c1-9-6-11(21-15(18)19)3-5-14(9)20-8-10-2-4-12(16)13(17)7-10;1-3-5(4-7)6(9)8-2/h2-7,15,20H,8H2,1H3;4H,2-3,7H2,1H3/b;5-4-. The third-order valence-corrected chi connectivity index (χ3v) is 3.89. The molecule has 1 amide bonds. The van der Waals surface area contributed by atoms with Crippen molar-refractivity contribution in [1.82, 2.24) is 0 Å². The first-order valence-electron chi connectivity index (χ1n) is 8.86. The number of anilines is 1. The van der Waals surface area contributed by atoms with Crippen molar-refractivity contribution in [2.75, 3.05) is 5.32 Å². The summed E-state index contributed by atoms with van der Waals surface area (Å²) in [6, 6.07) is 8.10. The molecule has 0 bridgehead atoms. The Balaban J connectivity index is 0.000000424. The molecule has 2 aromatic rings. The Morgan fingerprint density at radius 1 is 1.23 bits per heavy atom. The zero-order valence-electron chi connectivity index (χ0n) is 16.6. The third-order valence-electron chi connectivity index (χ3n) is 3.89. The number of aryl methyl sites for hydroxylation is 1. The van der Waals surface area contributed by atoms with Crippen LogP contribution in [0.3, 0.4) is 0 Å². The van der Waals surface area contributed by atoms with Crippen LogP contribution < -0.4 is 15.8 Å². The van der Waals surface area contributed by atoms with Gasteiger partial charge in [-0.2, -0.15) is 8.78 Å². The number of hydrogen-bond donors (Lipinski definition) is 2. The maximum absolute atomic E-state index is 13.1. The first kappa shape index (κ1) is 24.7. The van der Waals surface area contributed by atoms with E-state index in [0.29, 0.717) is 28.8 Å². The molecule has 0 radical (unpaired) electrons. The molecule has 5 nitrogen and oxygen atoms in total. The molecule has 0 fully saturated rings. The summed E-state index contributed by atoms with van der Waals surface area (Å²) in [6.07, 6.45) is 1.87. The molecule has 0 aliphatic carbocycles. The fourth-order valence-electron chi connectivity index (χ4n) is 2.30. The molecule has 0 aliphatic rings. The highest BCUT2D eigenvalue weighted by Gasteiger charge is 2.07. The van der Waals surface area contributed by atoms with Gasteiger partial charge in [-0.1, -0.05) is 13.0 Å². The maximum atomic E-state index is 13.1. The second-order valence-electron chi connectivity index (χ2n) is 5.97.